The molecular formula is C9H13N3O2. The molecule has 1 aliphatic heterocycles. The van der Waals surface area contributed by atoms with Crippen LogP contribution in [-0.4, -0.2) is 24.1 Å². The van der Waals surface area contributed by atoms with Gasteiger partial charge in [0.25, 0.3) is 5.91 Å². The second-order valence-electron chi connectivity index (χ2n) is 2.93. The molecule has 1 aliphatic rings. The van der Waals surface area contributed by atoms with Gasteiger partial charge in [-0.1, -0.05) is 6.08 Å². The fraction of sp³-hybridized carbons (Fsp3) is 0.444. The fourth-order valence-corrected chi connectivity index (χ4v) is 1.03. The largest absolute Gasteiger partial charge is 0.351 e. The second kappa shape index (κ2) is 5.16. The molecule has 0 unspecified atom stereocenters. The summed E-state index contributed by atoms with van der Waals surface area (Å²) in [6, 6.07) is 0. The van der Waals surface area contributed by atoms with E-state index in [0.717, 1.165) is 6.42 Å². The maximum atomic E-state index is 11.4. The predicted octanol–water partition coefficient (Wildman–Crippen LogP) is -0.0553. The number of hydrogen-bond donors (Lipinski definition) is 2. The minimum atomic E-state index is -0.216. The van der Waals surface area contributed by atoms with Crippen molar-refractivity contribution < 1.29 is 9.59 Å². The van der Waals surface area contributed by atoms with E-state index in [9.17, 15) is 9.59 Å². The van der Waals surface area contributed by atoms with Crippen molar-refractivity contribution in [3.8, 4) is 0 Å². The van der Waals surface area contributed by atoms with Crippen molar-refractivity contribution in [2.45, 2.75) is 19.3 Å². The third-order valence-electron chi connectivity index (χ3n) is 1.80. The van der Waals surface area contributed by atoms with E-state index in [0.29, 0.717) is 25.1 Å². The molecule has 1 heterocycles. The van der Waals surface area contributed by atoms with E-state index in [2.05, 4.69) is 22.4 Å². The molecule has 0 aromatic rings. The average Bonchev–Trinajstić information content (AvgIpc) is 2.19. The van der Waals surface area contributed by atoms with Crippen LogP contribution in [-0.2, 0) is 9.59 Å². The fourth-order valence-electron chi connectivity index (χ4n) is 1.03. The first kappa shape index (κ1) is 10.4. The van der Waals surface area contributed by atoms with E-state index < -0.39 is 0 Å². The summed E-state index contributed by atoms with van der Waals surface area (Å²) in [6.45, 7) is 4.09. The molecule has 0 aliphatic carbocycles. The Kier molecular flexibility index (Phi) is 3.84. The molecule has 1 rings (SSSR count). The summed E-state index contributed by atoms with van der Waals surface area (Å²) in [6.07, 6.45) is 3.19. The van der Waals surface area contributed by atoms with Gasteiger partial charge in [0, 0.05) is 19.4 Å². The van der Waals surface area contributed by atoms with Crippen LogP contribution in [0, 0.1) is 0 Å². The molecule has 0 saturated heterocycles. The number of nitrogens with zero attached hydrogens (tertiary/aromatic N) is 1. The molecule has 5 nitrogen and oxygen atoms in total. The Bertz CT molecular complexity index is 284. The molecule has 14 heavy (non-hydrogen) atoms. The van der Waals surface area contributed by atoms with Gasteiger partial charge < -0.3 is 5.32 Å². The highest BCUT2D eigenvalue weighted by Crippen LogP contribution is 1.99. The molecule has 0 saturated carbocycles. The Balaban J connectivity index is 2.37. The van der Waals surface area contributed by atoms with Gasteiger partial charge in [0.15, 0.2) is 0 Å². The standard InChI is InChI=1S/C9H13N3O2/c1-2-3-6-10-9(14)7-4-5-8(13)12-11-7/h2H,1,3-6H2,(H,10,14)(H,12,13). The molecule has 5 heteroatoms. The summed E-state index contributed by atoms with van der Waals surface area (Å²) >= 11 is 0. The number of hydrazone groups is 1. The minimum absolute atomic E-state index is 0.146. The normalized spacial score (nSPS) is 15.4. The van der Waals surface area contributed by atoms with Crippen molar-refractivity contribution in [1.82, 2.24) is 10.7 Å². The number of rotatable bonds is 4. The van der Waals surface area contributed by atoms with Gasteiger partial charge in [0.1, 0.15) is 5.71 Å². The Morgan fingerprint density at radius 1 is 1.64 bits per heavy atom. The van der Waals surface area contributed by atoms with Gasteiger partial charge >= 0.3 is 0 Å². The smallest absolute Gasteiger partial charge is 0.267 e. The molecule has 0 bridgehead atoms. The monoisotopic (exact) mass is 195 g/mol. The van der Waals surface area contributed by atoms with Crippen molar-refractivity contribution >= 4 is 17.5 Å². The van der Waals surface area contributed by atoms with Gasteiger partial charge in [-0.2, -0.15) is 5.10 Å². The number of carbonyl (C=O) groups is 2. The van der Waals surface area contributed by atoms with Gasteiger partial charge in [-0.25, -0.2) is 5.43 Å². The van der Waals surface area contributed by atoms with Crippen LogP contribution in [0.1, 0.15) is 19.3 Å². The molecule has 0 fully saturated rings. The summed E-state index contributed by atoms with van der Waals surface area (Å²) in [7, 11) is 0. The van der Waals surface area contributed by atoms with Crippen LogP contribution in [0.3, 0.4) is 0 Å². The van der Waals surface area contributed by atoms with Gasteiger partial charge in [0.05, 0.1) is 0 Å². The Hall–Kier alpha value is -1.65. The van der Waals surface area contributed by atoms with Crippen molar-refractivity contribution in [1.29, 1.82) is 0 Å². The van der Waals surface area contributed by atoms with Crippen molar-refractivity contribution in [2.24, 2.45) is 5.10 Å². The van der Waals surface area contributed by atoms with Gasteiger partial charge in [-0.3, -0.25) is 9.59 Å². The molecule has 0 spiro atoms. The SMILES string of the molecule is C=CCCNC(=O)C1=NNC(=O)CC1. The zero-order valence-corrected chi connectivity index (χ0v) is 7.88. The van der Waals surface area contributed by atoms with Crippen LogP contribution in [0.5, 0.6) is 0 Å². The third kappa shape index (κ3) is 3.01. The summed E-state index contributed by atoms with van der Waals surface area (Å²) < 4.78 is 0. The van der Waals surface area contributed by atoms with Crippen LogP contribution in [0.15, 0.2) is 17.8 Å². The van der Waals surface area contributed by atoms with Gasteiger partial charge in [0.2, 0.25) is 5.91 Å². The summed E-state index contributed by atoms with van der Waals surface area (Å²) in [5, 5.41) is 6.34. The zero-order chi connectivity index (χ0) is 10.4. The minimum Gasteiger partial charge on any atom is -0.351 e. The van der Waals surface area contributed by atoms with Crippen LogP contribution < -0.4 is 10.7 Å². The van der Waals surface area contributed by atoms with Crippen molar-refractivity contribution in [3.63, 3.8) is 0 Å². The van der Waals surface area contributed by atoms with Crippen LogP contribution in [0.25, 0.3) is 0 Å². The zero-order valence-electron chi connectivity index (χ0n) is 7.88. The second-order valence-corrected chi connectivity index (χ2v) is 2.93. The molecule has 2 N–H and O–H groups in total. The third-order valence-corrected chi connectivity index (χ3v) is 1.80. The number of amides is 2. The first-order valence-electron chi connectivity index (χ1n) is 4.48. The predicted molar refractivity (Wildman–Crippen MR) is 52.6 cm³/mol. The van der Waals surface area contributed by atoms with E-state index in [4.69, 9.17) is 0 Å². The summed E-state index contributed by atoms with van der Waals surface area (Å²) in [4.78, 5) is 22.1. The van der Waals surface area contributed by atoms with Gasteiger partial charge in [-0.05, 0) is 6.42 Å². The highest BCUT2D eigenvalue weighted by molar-refractivity contribution is 6.39. The Morgan fingerprint density at radius 3 is 3.00 bits per heavy atom. The average molecular weight is 195 g/mol. The summed E-state index contributed by atoms with van der Waals surface area (Å²) in [5.74, 6) is -0.362. The highest BCUT2D eigenvalue weighted by atomic mass is 16.2. The van der Waals surface area contributed by atoms with Crippen LogP contribution in [0.2, 0.25) is 0 Å². The lowest BCUT2D eigenvalue weighted by atomic mass is 10.1. The first-order chi connectivity index (χ1) is 6.74. The molecule has 0 radical (unpaired) electrons. The number of carbonyl (C=O) groups excluding carboxylic acids is 2. The van der Waals surface area contributed by atoms with E-state index >= 15 is 0 Å². The van der Waals surface area contributed by atoms with Crippen LogP contribution in [0.4, 0.5) is 0 Å². The Labute approximate surface area is 82.3 Å². The molecule has 2 amide bonds. The maximum absolute atomic E-state index is 11.4. The van der Waals surface area contributed by atoms with E-state index in [1.54, 1.807) is 6.08 Å². The van der Waals surface area contributed by atoms with E-state index in [1.165, 1.54) is 0 Å². The van der Waals surface area contributed by atoms with Crippen LogP contribution >= 0.6 is 0 Å². The quantitative estimate of drug-likeness (QED) is 0.487. The highest BCUT2D eigenvalue weighted by Gasteiger charge is 2.17. The Morgan fingerprint density at radius 2 is 2.43 bits per heavy atom. The molecule has 0 atom stereocenters. The van der Waals surface area contributed by atoms with Crippen molar-refractivity contribution in [3.05, 3.63) is 12.7 Å². The lowest BCUT2D eigenvalue weighted by molar-refractivity contribution is -0.121. The van der Waals surface area contributed by atoms with E-state index in [-0.39, 0.29) is 11.8 Å². The number of nitrogens with one attached hydrogen (secondary N) is 2. The molecule has 76 valence electrons. The number of hydrogen-bond acceptors (Lipinski definition) is 3. The molecule has 0 aromatic carbocycles. The van der Waals surface area contributed by atoms with Crippen molar-refractivity contribution in [2.75, 3.05) is 6.54 Å². The molecular weight excluding hydrogens is 182 g/mol. The lowest BCUT2D eigenvalue weighted by Gasteiger charge is -2.11. The molecule has 0 aromatic heterocycles. The lowest BCUT2D eigenvalue weighted by Crippen LogP contribution is -2.37. The van der Waals surface area contributed by atoms with Gasteiger partial charge in [-0.15, -0.1) is 6.58 Å². The maximum Gasteiger partial charge on any atom is 0.267 e. The summed E-state index contributed by atoms with van der Waals surface area (Å²) in [5.41, 5.74) is 2.65. The topological polar surface area (TPSA) is 70.6 Å². The first-order valence-corrected chi connectivity index (χ1v) is 4.48. The van der Waals surface area contributed by atoms with E-state index in [1.807, 2.05) is 0 Å².